The monoisotopic (exact) mass is 385 g/mol. The number of pyridine rings is 1. The van der Waals surface area contributed by atoms with Gasteiger partial charge in [0.2, 0.25) is 10.0 Å². The minimum absolute atomic E-state index is 0.140. The second kappa shape index (κ2) is 6.90. The van der Waals surface area contributed by atoms with E-state index in [1.54, 1.807) is 13.1 Å². The van der Waals surface area contributed by atoms with Gasteiger partial charge in [-0.25, -0.2) is 12.8 Å². The molecule has 1 fully saturated rings. The van der Waals surface area contributed by atoms with Crippen molar-refractivity contribution in [2.45, 2.75) is 11.8 Å². The molecular formula is C20H20FN3O2S. The molecule has 0 radical (unpaired) electrons. The second-order valence-corrected chi connectivity index (χ2v) is 8.59. The van der Waals surface area contributed by atoms with Crippen LogP contribution in [0.2, 0.25) is 0 Å². The van der Waals surface area contributed by atoms with Crippen molar-refractivity contribution >= 4 is 26.6 Å². The Labute approximate surface area is 158 Å². The first kappa shape index (κ1) is 17.9. The third kappa shape index (κ3) is 3.28. The molecule has 0 N–H and O–H groups in total. The third-order valence-corrected chi connectivity index (χ3v) is 6.85. The van der Waals surface area contributed by atoms with Gasteiger partial charge in [0.25, 0.3) is 0 Å². The molecule has 7 heteroatoms. The summed E-state index contributed by atoms with van der Waals surface area (Å²) in [6.07, 6.45) is 1.77. The molecule has 1 aliphatic rings. The van der Waals surface area contributed by atoms with E-state index >= 15 is 0 Å². The van der Waals surface area contributed by atoms with E-state index in [2.05, 4.69) is 9.88 Å². The normalized spacial score (nSPS) is 16.0. The summed E-state index contributed by atoms with van der Waals surface area (Å²) in [4.78, 5) is 6.79. The van der Waals surface area contributed by atoms with Crippen LogP contribution in [-0.4, -0.2) is 43.9 Å². The maximum Gasteiger partial charge on any atom is 0.243 e. The molecule has 1 saturated heterocycles. The van der Waals surface area contributed by atoms with E-state index in [9.17, 15) is 12.8 Å². The minimum atomic E-state index is -3.63. The number of piperazine rings is 1. The van der Waals surface area contributed by atoms with Gasteiger partial charge in [0.1, 0.15) is 5.82 Å². The van der Waals surface area contributed by atoms with Crippen LogP contribution in [0.25, 0.3) is 10.9 Å². The van der Waals surface area contributed by atoms with Crippen molar-refractivity contribution in [3.05, 3.63) is 66.1 Å². The number of anilines is 1. The number of halogens is 1. The zero-order valence-corrected chi connectivity index (χ0v) is 15.8. The Morgan fingerprint density at radius 2 is 1.74 bits per heavy atom. The minimum Gasteiger partial charge on any atom is -0.367 e. The molecule has 5 nitrogen and oxygen atoms in total. The smallest absolute Gasteiger partial charge is 0.243 e. The summed E-state index contributed by atoms with van der Waals surface area (Å²) in [6, 6.07) is 13.9. The van der Waals surface area contributed by atoms with Gasteiger partial charge < -0.3 is 4.90 Å². The molecule has 0 spiro atoms. The van der Waals surface area contributed by atoms with Gasteiger partial charge in [0.05, 0.1) is 16.1 Å². The van der Waals surface area contributed by atoms with Crippen molar-refractivity contribution in [1.29, 1.82) is 0 Å². The molecule has 0 amide bonds. The Morgan fingerprint density at radius 3 is 2.48 bits per heavy atom. The van der Waals surface area contributed by atoms with Gasteiger partial charge in [-0.3, -0.25) is 4.98 Å². The summed E-state index contributed by atoms with van der Waals surface area (Å²) in [5.41, 5.74) is 2.27. The average molecular weight is 385 g/mol. The summed E-state index contributed by atoms with van der Waals surface area (Å²) in [5, 5.41) is 1.06. The number of nitrogens with zero attached hydrogens (tertiary/aromatic N) is 3. The lowest BCUT2D eigenvalue weighted by atomic mass is 10.1. The lowest BCUT2D eigenvalue weighted by Crippen LogP contribution is -2.48. The highest BCUT2D eigenvalue weighted by Gasteiger charge is 2.29. The Morgan fingerprint density at radius 1 is 1.00 bits per heavy atom. The molecule has 140 valence electrons. The zero-order chi connectivity index (χ0) is 19.0. The van der Waals surface area contributed by atoms with Crippen LogP contribution in [0.3, 0.4) is 0 Å². The van der Waals surface area contributed by atoms with Gasteiger partial charge >= 0.3 is 0 Å². The van der Waals surface area contributed by atoms with Gasteiger partial charge in [-0.15, -0.1) is 0 Å². The number of rotatable bonds is 3. The number of aromatic nitrogens is 1. The summed E-state index contributed by atoms with van der Waals surface area (Å²) in [6.45, 7) is 3.48. The van der Waals surface area contributed by atoms with Crippen LogP contribution >= 0.6 is 0 Å². The van der Waals surface area contributed by atoms with Crippen LogP contribution in [0.4, 0.5) is 10.1 Å². The van der Waals surface area contributed by atoms with E-state index < -0.39 is 15.8 Å². The molecule has 2 aromatic carbocycles. The summed E-state index contributed by atoms with van der Waals surface area (Å²) < 4.78 is 40.7. The molecule has 0 unspecified atom stereocenters. The quantitative estimate of drug-likeness (QED) is 0.695. The predicted molar refractivity (Wildman–Crippen MR) is 104 cm³/mol. The number of para-hydroxylation sites is 1. The molecule has 0 bridgehead atoms. The Kier molecular flexibility index (Phi) is 4.57. The van der Waals surface area contributed by atoms with Crippen molar-refractivity contribution < 1.29 is 12.8 Å². The SMILES string of the molecule is Cc1cc(S(=O)(=O)N2CCN(c3cccc4cccnc34)CC2)ccc1F. The number of sulfonamides is 1. The van der Waals surface area contributed by atoms with E-state index in [1.165, 1.54) is 22.5 Å². The Hall–Kier alpha value is -2.51. The number of aryl methyl sites for hydroxylation is 1. The molecule has 3 aromatic rings. The largest absolute Gasteiger partial charge is 0.367 e. The molecule has 1 aliphatic heterocycles. The van der Waals surface area contributed by atoms with E-state index in [0.29, 0.717) is 31.7 Å². The first-order valence-electron chi connectivity index (χ1n) is 8.82. The molecule has 0 saturated carbocycles. The third-order valence-electron chi connectivity index (χ3n) is 4.96. The lowest BCUT2D eigenvalue weighted by Gasteiger charge is -2.35. The van der Waals surface area contributed by atoms with E-state index in [1.807, 2.05) is 30.3 Å². The van der Waals surface area contributed by atoms with E-state index in [0.717, 1.165) is 16.6 Å². The summed E-state index contributed by atoms with van der Waals surface area (Å²) in [5.74, 6) is -0.401. The van der Waals surface area contributed by atoms with Crippen molar-refractivity contribution in [3.8, 4) is 0 Å². The van der Waals surface area contributed by atoms with Gasteiger partial charge in [0.15, 0.2) is 0 Å². The molecule has 0 aliphatic carbocycles. The molecule has 27 heavy (non-hydrogen) atoms. The van der Waals surface area contributed by atoms with Crippen LogP contribution in [0.1, 0.15) is 5.56 Å². The predicted octanol–water partition coefficient (Wildman–Crippen LogP) is 3.19. The van der Waals surface area contributed by atoms with Gasteiger partial charge in [-0.1, -0.05) is 18.2 Å². The molecule has 4 rings (SSSR count). The maximum atomic E-state index is 13.5. The molecule has 2 heterocycles. The van der Waals surface area contributed by atoms with Crippen LogP contribution in [0, 0.1) is 12.7 Å². The van der Waals surface area contributed by atoms with Gasteiger partial charge in [-0.2, -0.15) is 4.31 Å². The Balaban J connectivity index is 1.55. The fourth-order valence-electron chi connectivity index (χ4n) is 3.44. The van der Waals surface area contributed by atoms with E-state index in [4.69, 9.17) is 0 Å². The van der Waals surface area contributed by atoms with Crippen molar-refractivity contribution in [1.82, 2.24) is 9.29 Å². The number of hydrogen-bond donors (Lipinski definition) is 0. The number of fused-ring (bicyclic) bond motifs is 1. The zero-order valence-electron chi connectivity index (χ0n) is 15.0. The summed E-state index contributed by atoms with van der Waals surface area (Å²) in [7, 11) is -3.63. The van der Waals surface area contributed by atoms with Gasteiger partial charge in [-0.05, 0) is 42.8 Å². The topological polar surface area (TPSA) is 53.5 Å². The second-order valence-electron chi connectivity index (χ2n) is 6.65. The van der Waals surface area contributed by atoms with Crippen LogP contribution in [-0.2, 0) is 10.0 Å². The standard InChI is InChI=1S/C20H20FN3O2S/c1-15-14-17(7-8-18(15)21)27(25,26)24-12-10-23(11-13-24)19-6-2-4-16-5-3-9-22-20(16)19/h2-9,14H,10-13H2,1H3. The average Bonchev–Trinajstić information content (AvgIpc) is 2.69. The van der Waals surface area contributed by atoms with Crippen LogP contribution < -0.4 is 4.90 Å². The van der Waals surface area contributed by atoms with E-state index in [-0.39, 0.29) is 4.90 Å². The fraction of sp³-hybridized carbons (Fsp3) is 0.250. The van der Waals surface area contributed by atoms with Crippen LogP contribution in [0.5, 0.6) is 0 Å². The lowest BCUT2D eigenvalue weighted by molar-refractivity contribution is 0.385. The van der Waals surface area contributed by atoms with Gasteiger partial charge in [0, 0.05) is 37.8 Å². The first-order valence-corrected chi connectivity index (χ1v) is 10.3. The molecular weight excluding hydrogens is 365 g/mol. The van der Waals surface area contributed by atoms with Crippen molar-refractivity contribution in [2.75, 3.05) is 31.1 Å². The maximum absolute atomic E-state index is 13.5. The molecule has 0 atom stereocenters. The van der Waals surface area contributed by atoms with Crippen LogP contribution in [0.15, 0.2) is 59.6 Å². The Bertz CT molecular complexity index is 1090. The molecule has 1 aromatic heterocycles. The highest BCUT2D eigenvalue weighted by molar-refractivity contribution is 7.89. The van der Waals surface area contributed by atoms with Crippen molar-refractivity contribution in [2.24, 2.45) is 0 Å². The number of hydrogen-bond acceptors (Lipinski definition) is 4. The summed E-state index contributed by atoms with van der Waals surface area (Å²) >= 11 is 0. The highest BCUT2D eigenvalue weighted by Crippen LogP contribution is 2.27. The van der Waals surface area contributed by atoms with Crippen molar-refractivity contribution in [3.63, 3.8) is 0 Å². The fourth-order valence-corrected chi connectivity index (χ4v) is 4.95. The number of benzene rings is 2. The highest BCUT2D eigenvalue weighted by atomic mass is 32.2. The first-order chi connectivity index (χ1) is 13.0.